The van der Waals surface area contributed by atoms with Crippen LogP contribution in [0.25, 0.3) is 5.57 Å². The Morgan fingerprint density at radius 2 is 2.21 bits per heavy atom. The van der Waals surface area contributed by atoms with Gasteiger partial charge in [0.15, 0.2) is 5.82 Å². The molecule has 3 N–H and O–H groups in total. The number of ether oxygens (including phenoxy) is 1. The van der Waals surface area contributed by atoms with Crippen LogP contribution in [0.5, 0.6) is 0 Å². The number of nitrogen functional groups attached to an aromatic ring is 1. The van der Waals surface area contributed by atoms with Crippen LogP contribution in [0.1, 0.15) is 18.3 Å². The van der Waals surface area contributed by atoms with E-state index < -0.39 is 12.5 Å². The molecule has 29 heavy (non-hydrogen) atoms. The van der Waals surface area contributed by atoms with Crippen LogP contribution < -0.4 is 10.6 Å². The van der Waals surface area contributed by atoms with Crippen molar-refractivity contribution in [2.75, 3.05) is 42.9 Å². The van der Waals surface area contributed by atoms with Gasteiger partial charge < -0.3 is 20.4 Å². The van der Waals surface area contributed by atoms with Gasteiger partial charge in [0, 0.05) is 29.9 Å². The molecule has 0 aromatic carbocycles. The predicted octanol–water partition coefficient (Wildman–Crippen LogP) is 3.62. The summed E-state index contributed by atoms with van der Waals surface area (Å²) in [5.74, 6) is 1.46. The van der Waals surface area contributed by atoms with Gasteiger partial charge in [-0.3, -0.25) is 0 Å². The van der Waals surface area contributed by atoms with Gasteiger partial charge in [0.1, 0.15) is 23.5 Å². The van der Waals surface area contributed by atoms with Gasteiger partial charge in [0.05, 0.1) is 13.2 Å². The van der Waals surface area contributed by atoms with E-state index in [-0.39, 0.29) is 12.4 Å². The molecule has 0 aliphatic carbocycles. The summed E-state index contributed by atoms with van der Waals surface area (Å²) in [6.45, 7) is 5.96. The Bertz CT molecular complexity index is 842. The Morgan fingerprint density at radius 1 is 1.48 bits per heavy atom. The lowest BCUT2D eigenvalue weighted by molar-refractivity contribution is 0.0203. The molecule has 2 aromatic heterocycles. The monoisotopic (exact) mass is 424 g/mol. The molecule has 158 valence electrons. The highest BCUT2D eigenvalue weighted by Gasteiger charge is 2.32. The fourth-order valence-corrected chi connectivity index (χ4v) is 2.95. The van der Waals surface area contributed by atoms with E-state index in [0.29, 0.717) is 36.2 Å². The number of thioether (sulfide) groups is 1. The lowest BCUT2D eigenvalue weighted by atomic mass is 10.1. The number of alkyl halides is 2. The van der Waals surface area contributed by atoms with Gasteiger partial charge in [-0.15, -0.1) is 0 Å². The minimum absolute atomic E-state index is 0.0598. The van der Waals surface area contributed by atoms with Crippen LogP contribution in [0.4, 0.5) is 26.2 Å². The number of aromatic amines is 1. The summed E-state index contributed by atoms with van der Waals surface area (Å²) in [6.07, 6.45) is 5.07. The summed E-state index contributed by atoms with van der Waals surface area (Å²) in [6, 6.07) is 2.25. The predicted molar refractivity (Wildman–Crippen MR) is 117 cm³/mol. The lowest BCUT2D eigenvalue weighted by Gasteiger charge is -2.36. The highest BCUT2D eigenvalue weighted by Crippen LogP contribution is 2.31. The Morgan fingerprint density at radius 3 is 2.83 bits per heavy atom. The van der Waals surface area contributed by atoms with Crippen molar-refractivity contribution in [3.05, 3.63) is 35.8 Å². The zero-order valence-electron chi connectivity index (χ0n) is 16.7. The number of hydrogen-bond acceptors (Lipinski definition) is 7. The molecule has 0 saturated carbocycles. The molecule has 3 rings (SSSR count). The number of nitrogens with one attached hydrogen (secondary N) is 1. The zero-order chi connectivity index (χ0) is 21.4. The summed E-state index contributed by atoms with van der Waals surface area (Å²) in [5, 5.41) is 0. The van der Waals surface area contributed by atoms with E-state index >= 15 is 0 Å². The molecule has 1 aliphatic heterocycles. The highest BCUT2D eigenvalue weighted by atomic mass is 32.2. The van der Waals surface area contributed by atoms with E-state index in [1.165, 1.54) is 11.0 Å². The van der Waals surface area contributed by atoms with E-state index in [9.17, 15) is 8.78 Å². The number of hydrogen-bond donors (Lipinski definition) is 2. The number of anilines is 2. The molecule has 3 heterocycles. The largest absolute Gasteiger partial charge is 0.384 e. The summed E-state index contributed by atoms with van der Waals surface area (Å²) in [7, 11) is 0. The SMILES string of the molecule is C=Nc1[nH]ccc1/C(=C\C)c1nc(N)cc(N2CCOCC2C(F)F)n1.CSC. The molecule has 2 aromatic rings. The van der Waals surface area contributed by atoms with E-state index in [2.05, 4.69) is 26.7 Å². The van der Waals surface area contributed by atoms with Crippen LogP contribution in [-0.2, 0) is 4.74 Å². The standard InChI is InChI=1S/C17H20F2N6O.C2H6S/c1-3-10(11-4-5-22-16(11)21-2)17-23-13(20)8-14(24-17)25-6-7-26-9-12(25)15(18)19;1-3-2/h3-5,8,12,15,22H,2,6-7,9H2,1H3,(H2,20,23,24);1-2H3/b10-3+;. The average molecular weight is 425 g/mol. The summed E-state index contributed by atoms with van der Waals surface area (Å²) < 4.78 is 31.9. The number of nitrogens with two attached hydrogens (primary N) is 1. The van der Waals surface area contributed by atoms with Crippen molar-refractivity contribution in [1.29, 1.82) is 0 Å². The fourth-order valence-electron chi connectivity index (χ4n) is 2.95. The molecule has 10 heteroatoms. The molecule has 0 radical (unpaired) electrons. The van der Waals surface area contributed by atoms with Gasteiger partial charge in [-0.1, -0.05) is 6.08 Å². The van der Waals surface area contributed by atoms with Crippen LogP contribution in [0, 0.1) is 0 Å². The van der Waals surface area contributed by atoms with Crippen LogP contribution in [0.15, 0.2) is 29.4 Å². The molecule has 0 bridgehead atoms. The van der Waals surface area contributed by atoms with Crippen molar-refractivity contribution >= 4 is 41.5 Å². The molecule has 1 unspecified atom stereocenters. The van der Waals surface area contributed by atoms with E-state index in [1.807, 2.05) is 31.6 Å². The quantitative estimate of drug-likeness (QED) is 0.713. The van der Waals surface area contributed by atoms with Crippen molar-refractivity contribution in [1.82, 2.24) is 15.0 Å². The number of rotatable bonds is 5. The van der Waals surface area contributed by atoms with Gasteiger partial charge in [0.25, 0.3) is 6.43 Å². The van der Waals surface area contributed by atoms with Crippen molar-refractivity contribution in [3.63, 3.8) is 0 Å². The van der Waals surface area contributed by atoms with Crippen molar-refractivity contribution in [2.24, 2.45) is 4.99 Å². The van der Waals surface area contributed by atoms with E-state index in [1.54, 1.807) is 18.0 Å². The first-order chi connectivity index (χ1) is 14.0. The number of halogens is 2. The Labute approximate surface area is 173 Å². The van der Waals surface area contributed by atoms with Gasteiger partial charge >= 0.3 is 0 Å². The molecule has 1 atom stereocenters. The molecule has 1 aliphatic rings. The number of nitrogens with zero attached hydrogens (tertiary/aromatic N) is 4. The highest BCUT2D eigenvalue weighted by molar-refractivity contribution is 7.97. The average Bonchev–Trinajstić information content (AvgIpc) is 3.17. The first kappa shape index (κ1) is 22.8. The molecule has 0 spiro atoms. The maximum absolute atomic E-state index is 13.4. The smallest absolute Gasteiger partial charge is 0.260 e. The first-order valence-electron chi connectivity index (χ1n) is 8.95. The van der Waals surface area contributed by atoms with Crippen molar-refractivity contribution in [3.8, 4) is 0 Å². The van der Waals surface area contributed by atoms with Crippen molar-refractivity contribution in [2.45, 2.75) is 19.4 Å². The number of morpholine rings is 1. The van der Waals surface area contributed by atoms with Gasteiger partial charge in [-0.05, 0) is 32.2 Å². The number of aliphatic imine (C=N–C) groups is 1. The summed E-state index contributed by atoms with van der Waals surface area (Å²) >= 11 is 1.75. The number of H-pyrrole nitrogens is 1. The molecular weight excluding hydrogens is 398 g/mol. The molecule has 0 amide bonds. The second-order valence-corrected chi connectivity index (χ2v) is 6.97. The first-order valence-corrected chi connectivity index (χ1v) is 10.6. The summed E-state index contributed by atoms with van der Waals surface area (Å²) in [4.78, 5) is 17.2. The Kier molecular flexibility index (Phi) is 8.59. The van der Waals surface area contributed by atoms with Crippen molar-refractivity contribution < 1.29 is 13.5 Å². The number of aromatic nitrogens is 3. The molecule has 1 saturated heterocycles. The van der Waals surface area contributed by atoms with Gasteiger partial charge in [-0.25, -0.2) is 23.7 Å². The van der Waals surface area contributed by atoms with Gasteiger partial charge in [-0.2, -0.15) is 11.8 Å². The molecule has 7 nitrogen and oxygen atoms in total. The second kappa shape index (κ2) is 10.9. The topological polar surface area (TPSA) is 92.4 Å². The maximum Gasteiger partial charge on any atom is 0.260 e. The molecule has 1 fully saturated rings. The summed E-state index contributed by atoms with van der Waals surface area (Å²) in [5.41, 5.74) is 7.38. The third-order valence-electron chi connectivity index (χ3n) is 4.19. The van der Waals surface area contributed by atoms with Crippen LogP contribution >= 0.6 is 11.8 Å². The number of allylic oxidation sites excluding steroid dienone is 1. The minimum Gasteiger partial charge on any atom is -0.384 e. The zero-order valence-corrected chi connectivity index (χ0v) is 17.5. The lowest BCUT2D eigenvalue weighted by Crippen LogP contribution is -2.50. The van der Waals surface area contributed by atoms with Crippen LogP contribution in [0.3, 0.4) is 0 Å². The van der Waals surface area contributed by atoms with Crippen LogP contribution in [-0.4, -0.2) is 66.4 Å². The van der Waals surface area contributed by atoms with E-state index in [4.69, 9.17) is 10.5 Å². The maximum atomic E-state index is 13.4. The molecular formula is C19H26F2N6OS. The Balaban J connectivity index is 0.000000941. The third kappa shape index (κ3) is 5.54. The normalized spacial score (nSPS) is 17.1. The second-order valence-electron chi connectivity index (χ2n) is 6.15. The Hall–Kier alpha value is -2.46. The van der Waals surface area contributed by atoms with Crippen LogP contribution in [0.2, 0.25) is 0 Å². The minimum atomic E-state index is -2.56. The van der Waals surface area contributed by atoms with Gasteiger partial charge in [0.2, 0.25) is 0 Å². The fraction of sp³-hybridized carbons (Fsp3) is 0.421. The van der Waals surface area contributed by atoms with E-state index in [0.717, 1.165) is 5.56 Å². The third-order valence-corrected chi connectivity index (χ3v) is 4.19.